The summed E-state index contributed by atoms with van der Waals surface area (Å²) in [6, 6.07) is -2.82. The lowest BCUT2D eigenvalue weighted by atomic mass is 9.98. The van der Waals surface area contributed by atoms with E-state index in [1.54, 1.807) is 6.92 Å². The van der Waals surface area contributed by atoms with Crippen molar-refractivity contribution >= 4 is 17.8 Å². The highest BCUT2D eigenvalue weighted by molar-refractivity contribution is 5.92. The van der Waals surface area contributed by atoms with Gasteiger partial charge in [-0.1, -0.05) is 20.3 Å². The first-order chi connectivity index (χ1) is 10.7. The molecule has 1 aliphatic heterocycles. The van der Waals surface area contributed by atoms with Crippen LogP contribution >= 0.6 is 0 Å². The number of aliphatic hydroxyl groups excluding tert-OH is 1. The van der Waals surface area contributed by atoms with Crippen LogP contribution in [-0.4, -0.2) is 63.7 Å². The smallest absolute Gasteiger partial charge is 0.326 e. The summed E-state index contributed by atoms with van der Waals surface area (Å²) in [5, 5.41) is 21.2. The Morgan fingerprint density at radius 3 is 2.43 bits per heavy atom. The van der Waals surface area contributed by atoms with E-state index in [1.165, 1.54) is 11.8 Å². The van der Waals surface area contributed by atoms with Crippen molar-refractivity contribution in [2.45, 2.75) is 64.3 Å². The summed E-state index contributed by atoms with van der Waals surface area (Å²) >= 11 is 0. The zero-order valence-corrected chi connectivity index (χ0v) is 13.9. The molecular formula is C15H27N3O5. The van der Waals surface area contributed by atoms with Crippen LogP contribution in [0.1, 0.15) is 40.0 Å². The van der Waals surface area contributed by atoms with E-state index in [0.29, 0.717) is 25.8 Å². The molecule has 8 heteroatoms. The van der Waals surface area contributed by atoms with Crippen LogP contribution in [0.2, 0.25) is 0 Å². The lowest BCUT2D eigenvalue weighted by molar-refractivity contribution is -0.145. The Morgan fingerprint density at radius 1 is 1.35 bits per heavy atom. The predicted octanol–water partition coefficient (Wildman–Crippen LogP) is -0.699. The van der Waals surface area contributed by atoms with Gasteiger partial charge >= 0.3 is 5.97 Å². The van der Waals surface area contributed by atoms with Gasteiger partial charge in [0, 0.05) is 6.54 Å². The summed E-state index contributed by atoms with van der Waals surface area (Å²) in [4.78, 5) is 37.3. The molecule has 1 rings (SSSR count). The van der Waals surface area contributed by atoms with E-state index in [4.69, 9.17) is 5.73 Å². The predicted molar refractivity (Wildman–Crippen MR) is 83.4 cm³/mol. The second kappa shape index (κ2) is 8.26. The SMILES string of the molecule is CCC(C)C(NC(=O)C1CCCN1C(=O)C(N)C(C)O)C(=O)O. The van der Waals surface area contributed by atoms with Crippen molar-refractivity contribution in [2.75, 3.05) is 6.54 Å². The molecule has 1 heterocycles. The minimum atomic E-state index is -1.09. The van der Waals surface area contributed by atoms with Crippen molar-refractivity contribution in [1.82, 2.24) is 10.2 Å². The summed E-state index contributed by atoms with van der Waals surface area (Å²) in [6.45, 7) is 5.38. The van der Waals surface area contributed by atoms with Gasteiger partial charge in [-0.3, -0.25) is 9.59 Å². The molecule has 8 nitrogen and oxygen atoms in total. The molecule has 0 aromatic heterocycles. The summed E-state index contributed by atoms with van der Waals surface area (Å²) in [7, 11) is 0. The number of aliphatic carboxylic acids is 1. The lowest BCUT2D eigenvalue weighted by Crippen LogP contribution is -2.56. The number of nitrogens with zero attached hydrogens (tertiary/aromatic N) is 1. The second-order valence-electron chi connectivity index (χ2n) is 6.17. The molecule has 1 aliphatic rings. The molecule has 1 fully saturated rings. The fraction of sp³-hybridized carbons (Fsp3) is 0.800. The Bertz CT molecular complexity index is 454. The fourth-order valence-corrected chi connectivity index (χ4v) is 2.63. The molecule has 132 valence electrons. The molecule has 5 atom stereocenters. The standard InChI is InChI=1S/C15H27N3O5/c1-4-8(2)12(15(22)23)17-13(20)10-6-5-7-18(10)14(21)11(16)9(3)19/h8-12,19H,4-7,16H2,1-3H3,(H,17,20)(H,22,23). The van der Waals surface area contributed by atoms with Crippen LogP contribution in [0.25, 0.3) is 0 Å². The van der Waals surface area contributed by atoms with Gasteiger partial charge in [0.2, 0.25) is 11.8 Å². The average Bonchev–Trinajstić information content (AvgIpc) is 2.99. The van der Waals surface area contributed by atoms with E-state index >= 15 is 0 Å². The Kier molecular flexibility index (Phi) is 6.96. The quantitative estimate of drug-likeness (QED) is 0.488. The van der Waals surface area contributed by atoms with Crippen LogP contribution in [0.4, 0.5) is 0 Å². The van der Waals surface area contributed by atoms with Gasteiger partial charge in [0.05, 0.1) is 6.10 Å². The van der Waals surface area contributed by atoms with E-state index in [1.807, 2.05) is 6.92 Å². The summed E-state index contributed by atoms with van der Waals surface area (Å²) < 4.78 is 0. The molecule has 2 amide bonds. The molecule has 0 aliphatic carbocycles. The third kappa shape index (κ3) is 4.65. The molecule has 5 N–H and O–H groups in total. The van der Waals surface area contributed by atoms with E-state index in [0.717, 1.165) is 0 Å². The number of nitrogens with one attached hydrogen (secondary N) is 1. The lowest BCUT2D eigenvalue weighted by Gasteiger charge is -2.29. The van der Waals surface area contributed by atoms with Gasteiger partial charge in [0.15, 0.2) is 0 Å². The summed E-state index contributed by atoms with van der Waals surface area (Å²) in [5.74, 6) is -2.29. The zero-order chi connectivity index (χ0) is 17.7. The van der Waals surface area contributed by atoms with Gasteiger partial charge in [-0.05, 0) is 25.7 Å². The maximum absolute atomic E-state index is 12.4. The maximum Gasteiger partial charge on any atom is 0.326 e. The van der Waals surface area contributed by atoms with Gasteiger partial charge in [-0.15, -0.1) is 0 Å². The van der Waals surface area contributed by atoms with Gasteiger partial charge in [-0.25, -0.2) is 4.79 Å². The number of amides is 2. The zero-order valence-electron chi connectivity index (χ0n) is 13.9. The normalized spacial score (nSPS) is 23.0. The van der Waals surface area contributed by atoms with Crippen molar-refractivity contribution in [3.63, 3.8) is 0 Å². The number of aliphatic hydroxyl groups is 1. The van der Waals surface area contributed by atoms with Crippen LogP contribution in [0, 0.1) is 5.92 Å². The highest BCUT2D eigenvalue weighted by Gasteiger charge is 2.39. The van der Waals surface area contributed by atoms with Crippen molar-refractivity contribution in [1.29, 1.82) is 0 Å². The fourth-order valence-electron chi connectivity index (χ4n) is 2.63. The van der Waals surface area contributed by atoms with Crippen LogP contribution in [-0.2, 0) is 14.4 Å². The molecule has 0 aromatic carbocycles. The number of rotatable bonds is 7. The van der Waals surface area contributed by atoms with Crippen LogP contribution in [0.5, 0.6) is 0 Å². The molecule has 0 spiro atoms. The van der Waals surface area contributed by atoms with Crippen molar-refractivity contribution in [2.24, 2.45) is 11.7 Å². The first-order valence-electron chi connectivity index (χ1n) is 7.98. The molecule has 0 aromatic rings. The number of carbonyl (C=O) groups excluding carboxylic acids is 2. The highest BCUT2D eigenvalue weighted by atomic mass is 16.4. The maximum atomic E-state index is 12.4. The molecule has 1 saturated heterocycles. The number of nitrogens with two attached hydrogens (primary N) is 1. The number of carboxylic acids is 1. The molecule has 5 unspecified atom stereocenters. The monoisotopic (exact) mass is 329 g/mol. The van der Waals surface area contributed by atoms with Crippen molar-refractivity contribution in [3.05, 3.63) is 0 Å². The van der Waals surface area contributed by atoms with Crippen LogP contribution in [0.3, 0.4) is 0 Å². The number of hydrogen-bond acceptors (Lipinski definition) is 5. The van der Waals surface area contributed by atoms with Crippen LogP contribution in [0.15, 0.2) is 0 Å². The molecule has 0 saturated carbocycles. The number of carbonyl (C=O) groups is 3. The van der Waals surface area contributed by atoms with Gasteiger partial charge < -0.3 is 26.2 Å². The first-order valence-corrected chi connectivity index (χ1v) is 7.98. The Balaban J connectivity index is 2.81. The molecular weight excluding hydrogens is 302 g/mol. The topological polar surface area (TPSA) is 133 Å². The van der Waals surface area contributed by atoms with Crippen molar-refractivity contribution < 1.29 is 24.6 Å². The Labute approximate surface area is 136 Å². The van der Waals surface area contributed by atoms with Crippen molar-refractivity contribution in [3.8, 4) is 0 Å². The van der Waals surface area contributed by atoms with Gasteiger partial charge in [0.1, 0.15) is 18.1 Å². The van der Waals surface area contributed by atoms with Gasteiger partial charge in [0.25, 0.3) is 0 Å². The van der Waals surface area contributed by atoms with E-state index in [-0.39, 0.29) is 5.92 Å². The minimum absolute atomic E-state index is 0.221. The second-order valence-corrected chi connectivity index (χ2v) is 6.17. The third-order valence-electron chi connectivity index (χ3n) is 4.42. The molecule has 0 radical (unpaired) electrons. The number of carboxylic acid groups (broad SMARTS) is 1. The van der Waals surface area contributed by atoms with Crippen LogP contribution < -0.4 is 11.1 Å². The highest BCUT2D eigenvalue weighted by Crippen LogP contribution is 2.20. The summed E-state index contributed by atoms with van der Waals surface area (Å²) in [6.07, 6.45) is 0.685. The molecule has 0 bridgehead atoms. The molecule has 23 heavy (non-hydrogen) atoms. The Morgan fingerprint density at radius 2 is 1.96 bits per heavy atom. The number of likely N-dealkylation sites (tertiary alicyclic amines) is 1. The van der Waals surface area contributed by atoms with E-state index < -0.39 is 42.0 Å². The largest absolute Gasteiger partial charge is 0.480 e. The average molecular weight is 329 g/mol. The summed E-state index contributed by atoms with van der Waals surface area (Å²) in [5.41, 5.74) is 5.65. The van der Waals surface area contributed by atoms with E-state index in [9.17, 15) is 24.6 Å². The minimum Gasteiger partial charge on any atom is -0.480 e. The third-order valence-corrected chi connectivity index (χ3v) is 4.42. The first kappa shape index (κ1) is 19.4. The van der Waals surface area contributed by atoms with Gasteiger partial charge in [-0.2, -0.15) is 0 Å². The van der Waals surface area contributed by atoms with E-state index in [2.05, 4.69) is 5.32 Å². The Hall–Kier alpha value is -1.67. The number of hydrogen-bond donors (Lipinski definition) is 4.